The lowest BCUT2D eigenvalue weighted by atomic mass is 9.98. The second-order valence-corrected chi connectivity index (χ2v) is 5.26. The summed E-state index contributed by atoms with van der Waals surface area (Å²) in [6.45, 7) is 3.21. The van der Waals surface area contributed by atoms with Crippen LogP contribution in [-0.4, -0.2) is 5.78 Å². The van der Waals surface area contributed by atoms with Gasteiger partial charge in [0, 0.05) is 10.0 Å². The number of hydrogen-bond acceptors (Lipinski definition) is 1. The summed E-state index contributed by atoms with van der Waals surface area (Å²) >= 11 is 3.26. The van der Waals surface area contributed by atoms with Gasteiger partial charge in [-0.05, 0) is 43.2 Å². The first-order valence-electron chi connectivity index (χ1n) is 5.67. The molecule has 19 heavy (non-hydrogen) atoms. The summed E-state index contributed by atoms with van der Waals surface area (Å²) in [6, 6.07) is 7.86. The van der Waals surface area contributed by atoms with Crippen LogP contribution in [0.1, 0.15) is 27.0 Å². The monoisotopic (exact) mass is 324 g/mol. The highest BCUT2D eigenvalue weighted by molar-refractivity contribution is 9.10. The molecule has 0 saturated carbocycles. The van der Waals surface area contributed by atoms with Crippen LogP contribution in [0.3, 0.4) is 0 Å². The van der Waals surface area contributed by atoms with E-state index in [4.69, 9.17) is 0 Å². The van der Waals surface area contributed by atoms with Crippen molar-refractivity contribution in [2.45, 2.75) is 13.8 Å². The fraction of sp³-hybridized carbons (Fsp3) is 0.133. The average molecular weight is 325 g/mol. The van der Waals surface area contributed by atoms with Gasteiger partial charge < -0.3 is 0 Å². The predicted molar refractivity (Wildman–Crippen MR) is 73.4 cm³/mol. The van der Waals surface area contributed by atoms with E-state index in [0.717, 1.165) is 4.47 Å². The highest BCUT2D eigenvalue weighted by atomic mass is 79.9. The number of hydrogen-bond donors (Lipinski definition) is 0. The van der Waals surface area contributed by atoms with Crippen LogP contribution in [0.4, 0.5) is 8.78 Å². The van der Waals surface area contributed by atoms with Crippen LogP contribution >= 0.6 is 15.9 Å². The van der Waals surface area contributed by atoms with E-state index < -0.39 is 17.4 Å². The molecule has 98 valence electrons. The molecular weight excluding hydrogens is 314 g/mol. The zero-order valence-electron chi connectivity index (χ0n) is 10.4. The molecule has 0 N–H and O–H groups in total. The Labute approximate surface area is 118 Å². The van der Waals surface area contributed by atoms with Crippen molar-refractivity contribution >= 4 is 21.7 Å². The van der Waals surface area contributed by atoms with Crippen molar-refractivity contribution < 1.29 is 13.6 Å². The number of benzene rings is 2. The minimum atomic E-state index is -1.09. The molecule has 0 unspecified atom stereocenters. The minimum absolute atomic E-state index is 0.181. The number of rotatable bonds is 2. The molecule has 0 heterocycles. The van der Waals surface area contributed by atoms with Gasteiger partial charge in [-0.1, -0.05) is 28.1 Å². The molecule has 0 saturated heterocycles. The third-order valence-electron chi connectivity index (χ3n) is 2.96. The van der Waals surface area contributed by atoms with Gasteiger partial charge >= 0.3 is 0 Å². The van der Waals surface area contributed by atoms with Gasteiger partial charge in [-0.15, -0.1) is 0 Å². The SMILES string of the molecule is Cc1ccc(Br)cc1C(=O)c1ccc(C)c(F)c1F. The Morgan fingerprint density at radius 3 is 2.26 bits per heavy atom. The molecule has 0 aliphatic carbocycles. The molecule has 0 radical (unpaired) electrons. The van der Waals surface area contributed by atoms with Crippen LogP contribution in [-0.2, 0) is 0 Å². The second-order valence-electron chi connectivity index (χ2n) is 4.35. The molecule has 0 aliphatic heterocycles. The van der Waals surface area contributed by atoms with Gasteiger partial charge in [0.1, 0.15) is 0 Å². The quantitative estimate of drug-likeness (QED) is 0.739. The van der Waals surface area contributed by atoms with E-state index in [9.17, 15) is 13.6 Å². The highest BCUT2D eigenvalue weighted by Crippen LogP contribution is 2.23. The Hall–Kier alpha value is -1.55. The maximum Gasteiger partial charge on any atom is 0.196 e. The van der Waals surface area contributed by atoms with E-state index in [2.05, 4.69) is 15.9 Å². The summed E-state index contributed by atoms with van der Waals surface area (Å²) in [5, 5.41) is 0. The molecular formula is C15H11BrF2O. The van der Waals surface area contributed by atoms with Crippen LogP contribution in [0.25, 0.3) is 0 Å². The molecule has 0 fully saturated rings. The summed E-state index contributed by atoms with van der Waals surface area (Å²) in [4.78, 5) is 12.3. The van der Waals surface area contributed by atoms with Crippen LogP contribution in [0.15, 0.2) is 34.8 Å². The normalized spacial score (nSPS) is 10.6. The lowest BCUT2D eigenvalue weighted by molar-refractivity contribution is 0.103. The highest BCUT2D eigenvalue weighted by Gasteiger charge is 2.19. The zero-order chi connectivity index (χ0) is 14.2. The Kier molecular flexibility index (Phi) is 3.80. The lowest BCUT2D eigenvalue weighted by Crippen LogP contribution is -2.08. The second kappa shape index (κ2) is 5.21. The molecule has 4 heteroatoms. The molecule has 2 aromatic rings. The fourth-order valence-electron chi connectivity index (χ4n) is 1.81. The topological polar surface area (TPSA) is 17.1 Å². The fourth-order valence-corrected chi connectivity index (χ4v) is 2.17. The van der Waals surface area contributed by atoms with E-state index in [0.29, 0.717) is 11.1 Å². The first kappa shape index (κ1) is 13.9. The van der Waals surface area contributed by atoms with Crippen molar-refractivity contribution in [2.75, 3.05) is 0 Å². The number of halogens is 3. The average Bonchev–Trinajstić information content (AvgIpc) is 2.38. The van der Waals surface area contributed by atoms with Gasteiger partial charge in [0.05, 0.1) is 5.56 Å². The molecule has 2 rings (SSSR count). The number of carbonyl (C=O) groups is 1. The third-order valence-corrected chi connectivity index (χ3v) is 3.46. The Balaban J connectivity index is 2.56. The van der Waals surface area contributed by atoms with Gasteiger partial charge in [-0.3, -0.25) is 4.79 Å². The Bertz CT molecular complexity index is 665. The first-order valence-corrected chi connectivity index (χ1v) is 6.46. The van der Waals surface area contributed by atoms with Crippen molar-refractivity contribution in [2.24, 2.45) is 0 Å². The van der Waals surface area contributed by atoms with Crippen molar-refractivity contribution in [3.8, 4) is 0 Å². The van der Waals surface area contributed by atoms with Gasteiger partial charge in [0.25, 0.3) is 0 Å². The molecule has 0 spiro atoms. The Morgan fingerprint density at radius 1 is 0.947 bits per heavy atom. The van der Waals surface area contributed by atoms with E-state index >= 15 is 0 Å². The van der Waals surface area contributed by atoms with Crippen molar-refractivity contribution in [1.82, 2.24) is 0 Å². The van der Waals surface area contributed by atoms with Gasteiger partial charge in [-0.25, -0.2) is 8.78 Å². The van der Waals surface area contributed by atoms with Crippen LogP contribution < -0.4 is 0 Å². The molecule has 0 atom stereocenters. The molecule has 0 amide bonds. The van der Waals surface area contributed by atoms with Crippen molar-refractivity contribution in [1.29, 1.82) is 0 Å². The zero-order valence-corrected chi connectivity index (χ0v) is 12.0. The summed E-state index contributed by atoms with van der Waals surface area (Å²) < 4.78 is 28.1. The summed E-state index contributed by atoms with van der Waals surface area (Å²) in [6.07, 6.45) is 0. The first-order chi connectivity index (χ1) is 8.91. The van der Waals surface area contributed by atoms with E-state index in [1.54, 1.807) is 25.1 Å². The lowest BCUT2D eigenvalue weighted by Gasteiger charge is -2.08. The van der Waals surface area contributed by atoms with Crippen LogP contribution in [0.5, 0.6) is 0 Å². The third kappa shape index (κ3) is 2.59. The molecule has 0 aromatic heterocycles. The van der Waals surface area contributed by atoms with E-state index in [1.807, 2.05) is 0 Å². The molecule has 0 bridgehead atoms. The maximum absolute atomic E-state index is 13.8. The molecule has 1 nitrogen and oxygen atoms in total. The van der Waals surface area contributed by atoms with Crippen LogP contribution in [0.2, 0.25) is 0 Å². The number of ketones is 1. The summed E-state index contributed by atoms with van der Waals surface area (Å²) in [7, 11) is 0. The van der Waals surface area contributed by atoms with Gasteiger partial charge in [0.15, 0.2) is 17.4 Å². The van der Waals surface area contributed by atoms with E-state index in [-0.39, 0.29) is 11.1 Å². The standard InChI is InChI=1S/C15H11BrF2O/c1-8-3-5-10(16)7-12(8)15(19)11-6-4-9(2)13(17)14(11)18/h3-7H,1-2H3. The van der Waals surface area contributed by atoms with Crippen molar-refractivity contribution in [3.63, 3.8) is 0 Å². The largest absolute Gasteiger partial charge is 0.288 e. The smallest absolute Gasteiger partial charge is 0.196 e. The van der Waals surface area contributed by atoms with E-state index in [1.165, 1.54) is 19.1 Å². The number of aryl methyl sites for hydroxylation is 2. The Morgan fingerprint density at radius 2 is 1.58 bits per heavy atom. The summed E-state index contributed by atoms with van der Waals surface area (Å²) in [5.74, 6) is -2.59. The van der Waals surface area contributed by atoms with Crippen LogP contribution in [0, 0.1) is 25.5 Å². The summed E-state index contributed by atoms with van der Waals surface area (Å²) in [5.41, 5.74) is 1.01. The number of carbonyl (C=O) groups excluding carboxylic acids is 1. The van der Waals surface area contributed by atoms with Gasteiger partial charge in [0.2, 0.25) is 0 Å². The van der Waals surface area contributed by atoms with Crippen molar-refractivity contribution in [3.05, 3.63) is 68.7 Å². The molecule has 2 aromatic carbocycles. The minimum Gasteiger partial charge on any atom is -0.288 e. The van der Waals surface area contributed by atoms with Gasteiger partial charge in [-0.2, -0.15) is 0 Å². The predicted octanol–water partition coefficient (Wildman–Crippen LogP) is 4.58. The maximum atomic E-state index is 13.8. The molecule has 0 aliphatic rings.